The Labute approximate surface area is 158 Å². The largest absolute Gasteiger partial charge is 0.370 e. The molecule has 0 aromatic heterocycles. The SMILES string of the molecule is C/C(=N/Nc1c(F)c(F)c(F)c(F)c1F)[C@@H](c1ccccc1)[NH+]1CCOCC1. The molecule has 9 heteroatoms. The Balaban J connectivity index is 1.93. The molecule has 0 bridgehead atoms. The molecule has 0 saturated carbocycles. The fourth-order valence-corrected chi connectivity index (χ4v) is 3.25. The number of nitrogens with zero attached hydrogens (tertiary/aromatic N) is 1. The first-order valence-corrected chi connectivity index (χ1v) is 8.70. The molecule has 1 aliphatic heterocycles. The molecule has 1 atom stereocenters. The predicted octanol–water partition coefficient (Wildman–Crippen LogP) is 2.83. The fraction of sp³-hybridized carbons (Fsp3) is 0.316. The second-order valence-corrected chi connectivity index (χ2v) is 6.42. The van der Waals surface area contributed by atoms with Gasteiger partial charge in [-0.15, -0.1) is 0 Å². The van der Waals surface area contributed by atoms with Gasteiger partial charge in [0.15, 0.2) is 29.3 Å². The molecule has 0 radical (unpaired) electrons. The van der Waals surface area contributed by atoms with Gasteiger partial charge >= 0.3 is 0 Å². The van der Waals surface area contributed by atoms with Crippen LogP contribution in [-0.4, -0.2) is 32.0 Å². The summed E-state index contributed by atoms with van der Waals surface area (Å²) in [6, 6.07) is 9.09. The zero-order valence-electron chi connectivity index (χ0n) is 15.0. The first kappa shape index (κ1) is 20.2. The molecule has 150 valence electrons. The number of halogens is 5. The monoisotopic (exact) mass is 400 g/mol. The van der Waals surface area contributed by atoms with Gasteiger partial charge in [0.25, 0.3) is 0 Å². The van der Waals surface area contributed by atoms with Gasteiger partial charge in [-0.1, -0.05) is 30.3 Å². The third-order valence-electron chi connectivity index (χ3n) is 4.65. The number of hydrogen-bond donors (Lipinski definition) is 2. The first-order valence-electron chi connectivity index (χ1n) is 8.70. The average Bonchev–Trinajstić information content (AvgIpc) is 2.72. The third-order valence-corrected chi connectivity index (χ3v) is 4.65. The summed E-state index contributed by atoms with van der Waals surface area (Å²) in [6.07, 6.45) is 0. The number of morpholine rings is 1. The van der Waals surface area contributed by atoms with Gasteiger partial charge in [0, 0.05) is 5.56 Å². The molecule has 2 aromatic rings. The van der Waals surface area contributed by atoms with Crippen LogP contribution in [0.5, 0.6) is 0 Å². The summed E-state index contributed by atoms with van der Waals surface area (Å²) < 4.78 is 73.0. The van der Waals surface area contributed by atoms with Gasteiger partial charge in [0.1, 0.15) is 18.8 Å². The van der Waals surface area contributed by atoms with E-state index in [1.54, 1.807) is 6.92 Å². The van der Waals surface area contributed by atoms with Crippen molar-refractivity contribution < 1.29 is 31.6 Å². The molecule has 1 aliphatic rings. The zero-order chi connectivity index (χ0) is 20.3. The van der Waals surface area contributed by atoms with Crippen molar-refractivity contribution in [2.24, 2.45) is 5.10 Å². The molecule has 2 N–H and O–H groups in total. The summed E-state index contributed by atoms with van der Waals surface area (Å²) in [6.45, 7) is 4.12. The van der Waals surface area contributed by atoms with Gasteiger partial charge in [-0.2, -0.15) is 5.10 Å². The Morgan fingerprint density at radius 1 is 0.929 bits per heavy atom. The number of nitrogens with one attached hydrogen (secondary N) is 2. The van der Waals surface area contributed by atoms with Crippen molar-refractivity contribution in [2.45, 2.75) is 13.0 Å². The van der Waals surface area contributed by atoms with Crippen molar-refractivity contribution in [3.05, 3.63) is 65.0 Å². The molecule has 1 saturated heterocycles. The van der Waals surface area contributed by atoms with E-state index in [-0.39, 0.29) is 6.04 Å². The Hall–Kier alpha value is -2.52. The Kier molecular flexibility index (Phi) is 6.25. The van der Waals surface area contributed by atoms with Crippen LogP contribution in [0.15, 0.2) is 35.4 Å². The number of ether oxygens (including phenoxy) is 1. The van der Waals surface area contributed by atoms with Crippen LogP contribution >= 0.6 is 0 Å². The van der Waals surface area contributed by atoms with E-state index < -0.39 is 34.8 Å². The Bertz CT molecular complexity index is 841. The van der Waals surface area contributed by atoms with Crippen LogP contribution in [0.3, 0.4) is 0 Å². The number of benzene rings is 2. The molecule has 0 spiro atoms. The van der Waals surface area contributed by atoms with Crippen molar-refractivity contribution in [3.8, 4) is 0 Å². The molecule has 2 aromatic carbocycles. The molecular weight excluding hydrogens is 381 g/mol. The maximum Gasteiger partial charge on any atom is 0.200 e. The molecule has 0 amide bonds. The summed E-state index contributed by atoms with van der Waals surface area (Å²) >= 11 is 0. The van der Waals surface area contributed by atoms with Gasteiger partial charge in [-0.25, -0.2) is 22.0 Å². The molecular formula is C19H19F5N3O+. The van der Waals surface area contributed by atoms with Crippen LogP contribution < -0.4 is 10.3 Å². The van der Waals surface area contributed by atoms with E-state index in [9.17, 15) is 22.0 Å². The zero-order valence-corrected chi connectivity index (χ0v) is 15.0. The highest BCUT2D eigenvalue weighted by Gasteiger charge is 2.30. The van der Waals surface area contributed by atoms with E-state index in [2.05, 4.69) is 5.10 Å². The lowest BCUT2D eigenvalue weighted by Crippen LogP contribution is -3.15. The van der Waals surface area contributed by atoms with Gasteiger partial charge in [0.05, 0.1) is 18.9 Å². The summed E-state index contributed by atoms with van der Waals surface area (Å²) in [5.41, 5.74) is 2.20. The minimum atomic E-state index is -2.21. The van der Waals surface area contributed by atoms with Crippen LogP contribution in [0.1, 0.15) is 18.5 Å². The highest BCUT2D eigenvalue weighted by Crippen LogP contribution is 2.27. The van der Waals surface area contributed by atoms with Crippen molar-refractivity contribution in [3.63, 3.8) is 0 Å². The first-order chi connectivity index (χ1) is 13.4. The van der Waals surface area contributed by atoms with Crippen LogP contribution in [0.4, 0.5) is 27.6 Å². The second kappa shape index (κ2) is 8.66. The lowest BCUT2D eigenvalue weighted by atomic mass is 10.0. The Morgan fingerprint density at radius 2 is 1.46 bits per heavy atom. The van der Waals surface area contributed by atoms with E-state index in [4.69, 9.17) is 4.74 Å². The second-order valence-electron chi connectivity index (χ2n) is 6.42. The van der Waals surface area contributed by atoms with Gasteiger partial charge in [0.2, 0.25) is 5.82 Å². The van der Waals surface area contributed by atoms with E-state index >= 15 is 0 Å². The molecule has 4 nitrogen and oxygen atoms in total. The highest BCUT2D eigenvalue weighted by molar-refractivity contribution is 5.87. The van der Waals surface area contributed by atoms with Crippen LogP contribution in [0.25, 0.3) is 0 Å². The number of hydrogen-bond acceptors (Lipinski definition) is 3. The molecule has 0 aliphatic carbocycles. The number of anilines is 1. The topological polar surface area (TPSA) is 38.1 Å². The molecule has 28 heavy (non-hydrogen) atoms. The minimum Gasteiger partial charge on any atom is -0.370 e. The van der Waals surface area contributed by atoms with Crippen molar-refractivity contribution >= 4 is 11.4 Å². The van der Waals surface area contributed by atoms with Crippen LogP contribution in [0.2, 0.25) is 0 Å². The summed E-state index contributed by atoms with van der Waals surface area (Å²) in [5.74, 6) is -10.2. The highest BCUT2D eigenvalue weighted by atomic mass is 19.2. The lowest BCUT2D eigenvalue weighted by Gasteiger charge is -2.31. The maximum absolute atomic E-state index is 13.9. The quantitative estimate of drug-likeness (QED) is 0.266. The van der Waals surface area contributed by atoms with E-state index in [1.165, 1.54) is 0 Å². The predicted molar refractivity (Wildman–Crippen MR) is 93.7 cm³/mol. The number of rotatable bonds is 5. The van der Waals surface area contributed by atoms with E-state index in [1.807, 2.05) is 35.8 Å². The van der Waals surface area contributed by atoms with Crippen molar-refractivity contribution in [1.82, 2.24) is 0 Å². The number of quaternary nitrogens is 1. The third kappa shape index (κ3) is 4.00. The average molecular weight is 400 g/mol. The van der Waals surface area contributed by atoms with Crippen LogP contribution in [-0.2, 0) is 4.74 Å². The smallest absolute Gasteiger partial charge is 0.200 e. The van der Waals surface area contributed by atoms with Crippen LogP contribution in [0, 0.1) is 29.1 Å². The van der Waals surface area contributed by atoms with Gasteiger partial charge < -0.3 is 9.64 Å². The maximum atomic E-state index is 13.9. The molecule has 1 heterocycles. The lowest BCUT2D eigenvalue weighted by molar-refractivity contribution is -0.928. The van der Waals surface area contributed by atoms with Crippen molar-refractivity contribution in [2.75, 3.05) is 31.7 Å². The molecule has 3 rings (SSSR count). The molecule has 0 unspecified atom stereocenters. The standard InChI is InChI=1S/C19H18F5N3O/c1-11(25-26-18-16(23)14(21)13(20)15(22)17(18)24)19(12-5-3-2-4-6-12)27-7-9-28-10-8-27/h2-6,19,26H,7-10H2,1H3/p+1/b25-11-/t19-/m0/s1. The minimum absolute atomic E-state index is 0.265. The van der Waals surface area contributed by atoms with E-state index in [0.717, 1.165) is 10.5 Å². The summed E-state index contributed by atoms with van der Waals surface area (Å²) in [4.78, 5) is 1.12. The van der Waals surface area contributed by atoms with E-state index in [0.29, 0.717) is 32.0 Å². The summed E-state index contributed by atoms with van der Waals surface area (Å²) in [7, 11) is 0. The Morgan fingerprint density at radius 3 is 2.04 bits per heavy atom. The normalized spacial score (nSPS) is 16.9. The fourth-order valence-electron chi connectivity index (χ4n) is 3.25. The number of hydrazone groups is 1. The summed E-state index contributed by atoms with van der Waals surface area (Å²) in [5, 5.41) is 3.95. The molecule has 1 fully saturated rings. The van der Waals surface area contributed by atoms with Gasteiger partial charge in [-0.05, 0) is 6.92 Å². The van der Waals surface area contributed by atoms with Gasteiger partial charge in [-0.3, -0.25) is 5.43 Å². The van der Waals surface area contributed by atoms with Crippen molar-refractivity contribution in [1.29, 1.82) is 0 Å².